The van der Waals surface area contributed by atoms with Gasteiger partial charge in [0.2, 0.25) is 0 Å². The molecular formula is C22H21N7. The van der Waals surface area contributed by atoms with Gasteiger partial charge in [-0.1, -0.05) is 24.3 Å². The van der Waals surface area contributed by atoms with Gasteiger partial charge in [-0.3, -0.25) is 4.57 Å². The van der Waals surface area contributed by atoms with E-state index in [4.69, 9.17) is 0 Å². The standard InChI is InChI=1S/C22H21N7/c1-15-12-21(29-22(26-15)23-13-25-29)27(3)16(2)17-8-10-18(11-9-17)28-14-24-19-6-4-5-7-20(19)28/h4-14,16H,1-3H3/t16-/m1/s1. The van der Waals surface area contributed by atoms with E-state index in [2.05, 4.69) is 73.8 Å². The number of anilines is 1. The zero-order chi connectivity index (χ0) is 20.0. The van der Waals surface area contributed by atoms with Gasteiger partial charge in [-0.15, -0.1) is 0 Å². The fourth-order valence-electron chi connectivity index (χ4n) is 3.66. The summed E-state index contributed by atoms with van der Waals surface area (Å²) in [5.74, 6) is 1.57. The molecule has 0 bridgehead atoms. The number of rotatable bonds is 4. The molecular weight excluding hydrogens is 362 g/mol. The highest BCUT2D eigenvalue weighted by molar-refractivity contribution is 5.77. The maximum absolute atomic E-state index is 4.49. The first-order valence-corrected chi connectivity index (χ1v) is 9.54. The molecule has 29 heavy (non-hydrogen) atoms. The quantitative estimate of drug-likeness (QED) is 0.470. The van der Waals surface area contributed by atoms with Crippen LogP contribution in [0.5, 0.6) is 0 Å². The number of hydrogen-bond donors (Lipinski definition) is 0. The van der Waals surface area contributed by atoms with Crippen LogP contribution in [0.3, 0.4) is 0 Å². The van der Waals surface area contributed by atoms with Crippen LogP contribution in [0.1, 0.15) is 24.2 Å². The molecule has 0 saturated carbocycles. The average Bonchev–Trinajstić information content (AvgIpc) is 3.39. The molecule has 7 heteroatoms. The maximum atomic E-state index is 4.49. The van der Waals surface area contributed by atoms with Crippen LogP contribution in [0, 0.1) is 6.92 Å². The third kappa shape index (κ3) is 2.91. The maximum Gasteiger partial charge on any atom is 0.254 e. The van der Waals surface area contributed by atoms with Crippen LogP contribution >= 0.6 is 0 Å². The molecule has 0 spiro atoms. The lowest BCUT2D eigenvalue weighted by Crippen LogP contribution is -2.24. The number of aromatic nitrogens is 6. The van der Waals surface area contributed by atoms with E-state index in [0.29, 0.717) is 5.78 Å². The van der Waals surface area contributed by atoms with Crippen molar-refractivity contribution in [3.8, 4) is 5.69 Å². The summed E-state index contributed by atoms with van der Waals surface area (Å²) in [4.78, 5) is 15.3. The van der Waals surface area contributed by atoms with E-state index in [9.17, 15) is 0 Å². The SMILES string of the molecule is Cc1cc(N(C)[C@H](C)c2ccc(-n3cnc4ccccc43)cc2)n2ncnc2n1. The van der Waals surface area contributed by atoms with Crippen molar-refractivity contribution in [2.45, 2.75) is 19.9 Å². The fourth-order valence-corrected chi connectivity index (χ4v) is 3.66. The Labute approximate surface area is 168 Å². The van der Waals surface area contributed by atoms with Gasteiger partial charge in [-0.25, -0.2) is 9.97 Å². The fraction of sp³-hybridized carbons (Fsp3) is 0.182. The Hall–Kier alpha value is -3.74. The second-order valence-electron chi connectivity index (χ2n) is 7.21. The van der Waals surface area contributed by atoms with E-state index in [1.54, 1.807) is 4.52 Å². The van der Waals surface area contributed by atoms with E-state index in [1.165, 1.54) is 11.9 Å². The molecule has 0 aliphatic carbocycles. The van der Waals surface area contributed by atoms with Gasteiger partial charge in [0, 0.05) is 24.5 Å². The third-order valence-electron chi connectivity index (χ3n) is 5.41. The topological polar surface area (TPSA) is 64.1 Å². The Morgan fingerprint density at radius 1 is 1.00 bits per heavy atom. The molecule has 7 nitrogen and oxygen atoms in total. The minimum atomic E-state index is 0.151. The van der Waals surface area contributed by atoms with Gasteiger partial charge in [0.1, 0.15) is 18.5 Å². The van der Waals surface area contributed by atoms with Crippen molar-refractivity contribution < 1.29 is 0 Å². The van der Waals surface area contributed by atoms with E-state index >= 15 is 0 Å². The molecule has 144 valence electrons. The van der Waals surface area contributed by atoms with Crippen LogP contribution in [0.15, 0.2) is 67.3 Å². The van der Waals surface area contributed by atoms with E-state index < -0.39 is 0 Å². The molecule has 0 amide bonds. The summed E-state index contributed by atoms with van der Waals surface area (Å²) in [7, 11) is 2.07. The number of hydrogen-bond acceptors (Lipinski definition) is 5. The first kappa shape index (κ1) is 17.4. The number of benzene rings is 2. The van der Waals surface area contributed by atoms with Gasteiger partial charge in [-0.2, -0.15) is 14.6 Å². The van der Waals surface area contributed by atoms with Gasteiger partial charge in [0.15, 0.2) is 0 Å². The minimum absolute atomic E-state index is 0.151. The van der Waals surface area contributed by atoms with Crippen LogP contribution in [-0.4, -0.2) is 36.2 Å². The smallest absolute Gasteiger partial charge is 0.254 e. The third-order valence-corrected chi connectivity index (χ3v) is 5.41. The summed E-state index contributed by atoms with van der Waals surface area (Å²) in [6, 6.07) is 18.9. The van der Waals surface area contributed by atoms with Crippen molar-refractivity contribution in [2.75, 3.05) is 11.9 Å². The number of imidazole rings is 1. The summed E-state index contributed by atoms with van der Waals surface area (Å²) in [5.41, 5.74) is 5.32. The predicted molar refractivity (Wildman–Crippen MR) is 113 cm³/mol. The molecule has 5 aromatic rings. The van der Waals surface area contributed by atoms with Crippen molar-refractivity contribution in [2.24, 2.45) is 0 Å². The second-order valence-corrected chi connectivity index (χ2v) is 7.21. The molecule has 2 aromatic carbocycles. The Morgan fingerprint density at radius 3 is 2.62 bits per heavy atom. The van der Waals surface area contributed by atoms with Gasteiger partial charge in [-0.05, 0) is 43.7 Å². The first-order chi connectivity index (χ1) is 14.1. The Balaban J connectivity index is 1.47. The number of para-hydroxylation sites is 2. The highest BCUT2D eigenvalue weighted by Crippen LogP contribution is 2.27. The van der Waals surface area contributed by atoms with Gasteiger partial charge in [0.25, 0.3) is 5.78 Å². The zero-order valence-corrected chi connectivity index (χ0v) is 16.6. The van der Waals surface area contributed by atoms with Crippen molar-refractivity contribution in [3.63, 3.8) is 0 Å². The molecule has 3 aromatic heterocycles. The van der Waals surface area contributed by atoms with Crippen LogP contribution in [0.25, 0.3) is 22.5 Å². The molecule has 0 unspecified atom stereocenters. The summed E-state index contributed by atoms with van der Waals surface area (Å²) in [6.07, 6.45) is 3.41. The molecule has 0 aliphatic heterocycles. The van der Waals surface area contributed by atoms with E-state index in [1.807, 2.05) is 37.5 Å². The lowest BCUT2D eigenvalue weighted by atomic mass is 10.1. The second kappa shape index (κ2) is 6.70. The first-order valence-electron chi connectivity index (χ1n) is 9.54. The average molecular weight is 383 g/mol. The van der Waals surface area contributed by atoms with Crippen molar-refractivity contribution in [1.82, 2.24) is 29.1 Å². The molecule has 0 radical (unpaired) electrons. The van der Waals surface area contributed by atoms with Gasteiger partial charge in [0.05, 0.1) is 17.1 Å². The molecule has 0 aliphatic rings. The van der Waals surface area contributed by atoms with Gasteiger partial charge < -0.3 is 4.90 Å². The summed E-state index contributed by atoms with van der Waals surface area (Å²) in [6.45, 7) is 4.15. The lowest BCUT2D eigenvalue weighted by Gasteiger charge is -2.27. The number of nitrogens with zero attached hydrogens (tertiary/aromatic N) is 7. The summed E-state index contributed by atoms with van der Waals surface area (Å²) in [5, 5.41) is 4.32. The van der Waals surface area contributed by atoms with Crippen LogP contribution in [0.2, 0.25) is 0 Å². The van der Waals surface area contributed by atoms with E-state index in [0.717, 1.165) is 28.2 Å². The predicted octanol–water partition coefficient (Wildman–Crippen LogP) is 3.97. The van der Waals surface area contributed by atoms with Crippen LogP contribution < -0.4 is 4.90 Å². The Morgan fingerprint density at radius 2 is 1.79 bits per heavy atom. The number of fused-ring (bicyclic) bond motifs is 2. The van der Waals surface area contributed by atoms with Crippen molar-refractivity contribution in [3.05, 3.63) is 78.5 Å². The van der Waals surface area contributed by atoms with Crippen molar-refractivity contribution in [1.29, 1.82) is 0 Å². The number of aryl methyl sites for hydroxylation is 1. The Bertz CT molecular complexity index is 1300. The summed E-state index contributed by atoms with van der Waals surface area (Å²) < 4.78 is 3.88. The molecule has 0 saturated heterocycles. The summed E-state index contributed by atoms with van der Waals surface area (Å²) >= 11 is 0. The molecule has 0 N–H and O–H groups in total. The van der Waals surface area contributed by atoms with Gasteiger partial charge >= 0.3 is 0 Å². The highest BCUT2D eigenvalue weighted by Gasteiger charge is 2.17. The largest absolute Gasteiger partial charge is 0.353 e. The van der Waals surface area contributed by atoms with Crippen LogP contribution in [0.4, 0.5) is 5.82 Å². The van der Waals surface area contributed by atoms with E-state index in [-0.39, 0.29) is 6.04 Å². The lowest BCUT2D eigenvalue weighted by molar-refractivity contribution is 0.708. The molecule has 3 heterocycles. The Kier molecular flexibility index (Phi) is 4.01. The molecule has 5 rings (SSSR count). The normalized spacial score (nSPS) is 12.5. The van der Waals surface area contributed by atoms with Crippen LogP contribution in [-0.2, 0) is 0 Å². The minimum Gasteiger partial charge on any atom is -0.353 e. The molecule has 1 atom stereocenters. The monoisotopic (exact) mass is 383 g/mol. The highest BCUT2D eigenvalue weighted by atomic mass is 15.4. The zero-order valence-electron chi connectivity index (χ0n) is 16.6. The van der Waals surface area contributed by atoms with Crippen molar-refractivity contribution >= 4 is 22.6 Å². The molecule has 0 fully saturated rings.